The lowest BCUT2D eigenvalue weighted by Crippen LogP contribution is -2.12. The number of hydrogen-bond donors (Lipinski definition) is 2. The van der Waals surface area contributed by atoms with E-state index in [0.717, 1.165) is 16.8 Å². The third kappa shape index (κ3) is 6.05. The molecule has 0 spiro atoms. The quantitative estimate of drug-likeness (QED) is 0.625. The number of carbonyl (C=O) groups is 1. The average molecular weight is 260 g/mol. The van der Waals surface area contributed by atoms with Crippen molar-refractivity contribution in [2.75, 3.05) is 25.6 Å². The van der Waals surface area contributed by atoms with Gasteiger partial charge in [-0.2, -0.15) is 0 Å². The van der Waals surface area contributed by atoms with Gasteiger partial charge in [-0.3, -0.25) is 4.79 Å². The number of rotatable bonds is 5. The molecule has 0 atom stereocenters. The van der Waals surface area contributed by atoms with Crippen molar-refractivity contribution in [3.05, 3.63) is 29.3 Å². The van der Waals surface area contributed by atoms with Crippen molar-refractivity contribution in [3.63, 3.8) is 0 Å². The highest BCUT2D eigenvalue weighted by molar-refractivity contribution is 5.91. The SMILES string of the molecule is COCCCC(=O)Nc1cc(C)cc(C#CCN)c1. The summed E-state index contributed by atoms with van der Waals surface area (Å²) in [6, 6.07) is 5.73. The highest BCUT2D eigenvalue weighted by Crippen LogP contribution is 2.14. The lowest BCUT2D eigenvalue weighted by atomic mass is 10.1. The van der Waals surface area contributed by atoms with Crippen LogP contribution in [-0.4, -0.2) is 26.2 Å². The molecule has 1 aromatic rings. The maximum absolute atomic E-state index is 11.7. The number of anilines is 1. The highest BCUT2D eigenvalue weighted by Gasteiger charge is 2.03. The Morgan fingerprint density at radius 2 is 2.21 bits per heavy atom. The third-order valence-corrected chi connectivity index (χ3v) is 2.45. The largest absolute Gasteiger partial charge is 0.385 e. The van der Waals surface area contributed by atoms with E-state index >= 15 is 0 Å². The van der Waals surface area contributed by atoms with Gasteiger partial charge in [0, 0.05) is 31.4 Å². The molecule has 102 valence electrons. The Labute approximate surface area is 114 Å². The molecule has 3 N–H and O–H groups in total. The summed E-state index contributed by atoms with van der Waals surface area (Å²) in [5.74, 6) is 5.75. The van der Waals surface area contributed by atoms with Crippen LogP contribution in [0.2, 0.25) is 0 Å². The minimum Gasteiger partial charge on any atom is -0.385 e. The number of nitrogens with one attached hydrogen (secondary N) is 1. The molecular formula is C15H20N2O2. The molecule has 4 heteroatoms. The van der Waals surface area contributed by atoms with Gasteiger partial charge in [0.1, 0.15) is 0 Å². The molecule has 0 aliphatic carbocycles. The number of carbonyl (C=O) groups excluding carboxylic acids is 1. The standard InChI is InChI=1S/C15H20N2O2/c1-12-9-13(5-3-7-16)11-14(10-12)17-15(18)6-4-8-19-2/h9-11H,4,6-8,16H2,1-2H3,(H,17,18). The fourth-order valence-corrected chi connectivity index (χ4v) is 1.68. The number of methoxy groups -OCH3 is 1. The van der Waals surface area contributed by atoms with E-state index in [1.807, 2.05) is 25.1 Å². The van der Waals surface area contributed by atoms with E-state index in [2.05, 4.69) is 17.2 Å². The Morgan fingerprint density at radius 3 is 2.89 bits per heavy atom. The summed E-state index contributed by atoms with van der Waals surface area (Å²) in [4.78, 5) is 11.7. The zero-order valence-corrected chi connectivity index (χ0v) is 11.5. The van der Waals surface area contributed by atoms with Crippen LogP contribution in [-0.2, 0) is 9.53 Å². The molecule has 0 saturated heterocycles. The number of ether oxygens (including phenoxy) is 1. The van der Waals surface area contributed by atoms with Crippen LogP contribution < -0.4 is 11.1 Å². The van der Waals surface area contributed by atoms with E-state index in [1.54, 1.807) is 7.11 Å². The number of benzene rings is 1. The summed E-state index contributed by atoms with van der Waals surface area (Å²) in [5, 5.41) is 2.86. The van der Waals surface area contributed by atoms with Gasteiger partial charge in [-0.15, -0.1) is 0 Å². The van der Waals surface area contributed by atoms with Crippen LogP contribution in [0.4, 0.5) is 5.69 Å². The van der Waals surface area contributed by atoms with E-state index in [-0.39, 0.29) is 5.91 Å². The van der Waals surface area contributed by atoms with Gasteiger partial charge in [0.15, 0.2) is 0 Å². The first kappa shape index (κ1) is 15.2. The van der Waals surface area contributed by atoms with Crippen LogP contribution in [0.3, 0.4) is 0 Å². The molecule has 0 radical (unpaired) electrons. The summed E-state index contributed by atoms with van der Waals surface area (Å²) in [6.07, 6.45) is 1.17. The molecule has 4 nitrogen and oxygen atoms in total. The van der Waals surface area contributed by atoms with Crippen molar-refractivity contribution in [1.29, 1.82) is 0 Å². The Bertz CT molecular complexity index is 487. The maximum atomic E-state index is 11.7. The molecule has 0 fully saturated rings. The van der Waals surface area contributed by atoms with Crippen molar-refractivity contribution < 1.29 is 9.53 Å². The molecule has 0 unspecified atom stereocenters. The zero-order valence-electron chi connectivity index (χ0n) is 11.5. The summed E-state index contributed by atoms with van der Waals surface area (Å²) >= 11 is 0. The van der Waals surface area contributed by atoms with E-state index in [4.69, 9.17) is 10.5 Å². The number of nitrogens with two attached hydrogens (primary N) is 1. The smallest absolute Gasteiger partial charge is 0.224 e. The molecule has 0 saturated carbocycles. The van der Waals surface area contributed by atoms with Crippen LogP contribution in [0.5, 0.6) is 0 Å². The molecule has 0 aromatic heterocycles. The van der Waals surface area contributed by atoms with Gasteiger partial charge in [0.2, 0.25) is 5.91 Å². The predicted octanol–water partition coefficient (Wildman–Crippen LogP) is 1.67. The molecule has 1 rings (SSSR count). The zero-order chi connectivity index (χ0) is 14.1. The number of hydrogen-bond acceptors (Lipinski definition) is 3. The lowest BCUT2D eigenvalue weighted by molar-refractivity contribution is -0.116. The molecule has 0 bridgehead atoms. The summed E-state index contributed by atoms with van der Waals surface area (Å²) < 4.78 is 4.91. The van der Waals surface area contributed by atoms with Gasteiger partial charge < -0.3 is 15.8 Å². The number of amides is 1. The second-order valence-corrected chi connectivity index (χ2v) is 4.24. The molecule has 1 amide bonds. The minimum absolute atomic E-state index is 0.0135. The topological polar surface area (TPSA) is 64.3 Å². The summed E-state index contributed by atoms with van der Waals surface area (Å²) in [5.41, 5.74) is 8.02. The summed E-state index contributed by atoms with van der Waals surface area (Å²) in [7, 11) is 1.63. The monoisotopic (exact) mass is 260 g/mol. The van der Waals surface area contributed by atoms with Crippen molar-refractivity contribution in [3.8, 4) is 11.8 Å². The Balaban J connectivity index is 2.67. The Morgan fingerprint density at radius 1 is 1.42 bits per heavy atom. The van der Waals surface area contributed by atoms with Gasteiger partial charge in [-0.25, -0.2) is 0 Å². The van der Waals surface area contributed by atoms with Crippen LogP contribution in [0, 0.1) is 18.8 Å². The van der Waals surface area contributed by atoms with E-state index in [9.17, 15) is 4.79 Å². The molecule has 19 heavy (non-hydrogen) atoms. The van der Waals surface area contributed by atoms with Crippen molar-refractivity contribution in [2.45, 2.75) is 19.8 Å². The van der Waals surface area contributed by atoms with E-state index < -0.39 is 0 Å². The van der Waals surface area contributed by atoms with E-state index in [1.165, 1.54) is 0 Å². The highest BCUT2D eigenvalue weighted by atomic mass is 16.5. The van der Waals surface area contributed by atoms with Crippen molar-refractivity contribution >= 4 is 11.6 Å². The van der Waals surface area contributed by atoms with Crippen LogP contribution in [0.1, 0.15) is 24.0 Å². The second-order valence-electron chi connectivity index (χ2n) is 4.24. The Kier molecular flexibility index (Phi) is 6.65. The molecule has 0 aliphatic rings. The van der Waals surface area contributed by atoms with Gasteiger partial charge in [-0.05, 0) is 37.1 Å². The minimum atomic E-state index is -0.0135. The number of aryl methyl sites for hydroxylation is 1. The van der Waals surface area contributed by atoms with Gasteiger partial charge >= 0.3 is 0 Å². The molecule has 0 heterocycles. The maximum Gasteiger partial charge on any atom is 0.224 e. The normalized spacial score (nSPS) is 9.63. The first-order valence-electron chi connectivity index (χ1n) is 6.25. The molecule has 1 aromatic carbocycles. The van der Waals surface area contributed by atoms with Gasteiger partial charge in [0.05, 0.1) is 6.54 Å². The first-order valence-corrected chi connectivity index (χ1v) is 6.25. The molecule has 0 aliphatic heterocycles. The van der Waals surface area contributed by atoms with Crippen LogP contribution >= 0.6 is 0 Å². The summed E-state index contributed by atoms with van der Waals surface area (Å²) in [6.45, 7) is 2.88. The Hall–Kier alpha value is -1.83. The van der Waals surface area contributed by atoms with Crippen LogP contribution in [0.15, 0.2) is 18.2 Å². The fraction of sp³-hybridized carbons (Fsp3) is 0.400. The average Bonchev–Trinajstić information content (AvgIpc) is 2.36. The molecular weight excluding hydrogens is 240 g/mol. The van der Waals surface area contributed by atoms with Crippen LogP contribution in [0.25, 0.3) is 0 Å². The third-order valence-electron chi connectivity index (χ3n) is 2.45. The van der Waals surface area contributed by atoms with Crippen molar-refractivity contribution in [1.82, 2.24) is 0 Å². The van der Waals surface area contributed by atoms with Gasteiger partial charge in [-0.1, -0.05) is 11.8 Å². The van der Waals surface area contributed by atoms with Gasteiger partial charge in [0.25, 0.3) is 0 Å². The lowest BCUT2D eigenvalue weighted by Gasteiger charge is -2.07. The first-order chi connectivity index (χ1) is 9.15. The fourth-order valence-electron chi connectivity index (χ4n) is 1.68. The van der Waals surface area contributed by atoms with Crippen molar-refractivity contribution in [2.24, 2.45) is 5.73 Å². The predicted molar refractivity (Wildman–Crippen MR) is 76.9 cm³/mol. The van der Waals surface area contributed by atoms with E-state index in [0.29, 0.717) is 26.0 Å². The second kappa shape index (κ2) is 8.30.